The number of halogens is 1. The first-order valence-corrected chi connectivity index (χ1v) is 7.74. The van der Waals surface area contributed by atoms with Crippen LogP contribution in [0.1, 0.15) is 26.3 Å². The average Bonchev–Trinajstić information content (AvgIpc) is 2.49. The zero-order chi connectivity index (χ0) is 17.0. The average molecular weight is 341 g/mol. The van der Waals surface area contributed by atoms with Gasteiger partial charge in [-0.3, -0.25) is 4.98 Å². The van der Waals surface area contributed by atoms with Gasteiger partial charge in [0, 0.05) is 38.6 Å². The third-order valence-electron chi connectivity index (χ3n) is 3.33. The zero-order valence-corrected chi connectivity index (χ0v) is 14.2. The van der Waals surface area contributed by atoms with Crippen LogP contribution in [0.2, 0.25) is 5.02 Å². The van der Waals surface area contributed by atoms with Gasteiger partial charge in [0.05, 0.1) is 10.6 Å². The largest absolute Gasteiger partial charge is 0.444 e. The van der Waals surface area contributed by atoms with Gasteiger partial charge in [-0.25, -0.2) is 4.79 Å². The monoisotopic (exact) mass is 340 g/mol. The number of pyridine rings is 1. The maximum atomic E-state index is 12.1. The normalized spacial score (nSPS) is 16.4. The van der Waals surface area contributed by atoms with Crippen LogP contribution in [-0.4, -0.2) is 63.7 Å². The number of hydrogen-bond donors (Lipinski definition) is 1. The van der Waals surface area contributed by atoms with E-state index in [2.05, 4.69) is 10.1 Å². The Morgan fingerprint density at radius 1 is 1.30 bits per heavy atom. The van der Waals surface area contributed by atoms with Gasteiger partial charge in [-0.15, -0.1) is 0 Å². The molecule has 0 unspecified atom stereocenters. The summed E-state index contributed by atoms with van der Waals surface area (Å²) in [6.45, 7) is 7.50. The highest BCUT2D eigenvalue weighted by Crippen LogP contribution is 2.18. The summed E-state index contributed by atoms with van der Waals surface area (Å²) >= 11 is 6.13. The number of piperazine rings is 1. The zero-order valence-electron chi connectivity index (χ0n) is 13.5. The third kappa shape index (κ3) is 4.48. The van der Waals surface area contributed by atoms with Crippen molar-refractivity contribution in [3.8, 4) is 0 Å². The summed E-state index contributed by atoms with van der Waals surface area (Å²) in [5.41, 5.74) is 0.0391. The molecule has 1 aliphatic rings. The molecule has 1 fully saturated rings. The molecule has 0 bridgehead atoms. The molecule has 1 saturated heterocycles. The molecule has 0 spiro atoms. The summed E-state index contributed by atoms with van der Waals surface area (Å²) in [6, 6.07) is 1.64. The fraction of sp³-hybridized carbons (Fsp3) is 0.533. The summed E-state index contributed by atoms with van der Waals surface area (Å²) in [5, 5.41) is 13.2. The number of hydrogen-bond acceptors (Lipinski definition) is 5. The Morgan fingerprint density at radius 3 is 2.43 bits per heavy atom. The van der Waals surface area contributed by atoms with Crippen LogP contribution in [-0.2, 0) is 4.74 Å². The molecular weight excluding hydrogens is 320 g/mol. The van der Waals surface area contributed by atoms with Crippen molar-refractivity contribution in [2.75, 3.05) is 26.2 Å². The van der Waals surface area contributed by atoms with Gasteiger partial charge in [0.1, 0.15) is 5.60 Å². The molecule has 2 rings (SSSR count). The minimum Gasteiger partial charge on any atom is -0.444 e. The first-order valence-electron chi connectivity index (χ1n) is 7.36. The fourth-order valence-electron chi connectivity index (χ4n) is 2.26. The van der Waals surface area contributed by atoms with Gasteiger partial charge in [0.2, 0.25) is 0 Å². The van der Waals surface area contributed by atoms with Crippen molar-refractivity contribution in [2.24, 2.45) is 5.16 Å². The SMILES string of the molecule is CC(C)(C)OC(=O)N1CCN(C(=NO)c2cnccc2Cl)CC1. The van der Waals surface area contributed by atoms with E-state index in [1.165, 1.54) is 0 Å². The number of carbonyl (C=O) groups is 1. The number of rotatable bonds is 1. The van der Waals surface area contributed by atoms with E-state index in [1.807, 2.05) is 25.7 Å². The summed E-state index contributed by atoms with van der Waals surface area (Å²) < 4.78 is 5.36. The quantitative estimate of drug-likeness (QED) is 0.367. The number of ether oxygens (including phenoxy) is 1. The Morgan fingerprint density at radius 2 is 1.91 bits per heavy atom. The molecule has 7 nitrogen and oxygen atoms in total. The molecule has 0 saturated carbocycles. The number of nitrogens with zero attached hydrogens (tertiary/aromatic N) is 4. The maximum Gasteiger partial charge on any atom is 0.410 e. The van der Waals surface area contributed by atoms with Crippen LogP contribution >= 0.6 is 11.6 Å². The van der Waals surface area contributed by atoms with Crippen LogP contribution in [0.3, 0.4) is 0 Å². The molecule has 126 valence electrons. The molecule has 23 heavy (non-hydrogen) atoms. The lowest BCUT2D eigenvalue weighted by atomic mass is 10.2. The van der Waals surface area contributed by atoms with Crippen molar-refractivity contribution in [1.29, 1.82) is 0 Å². The van der Waals surface area contributed by atoms with Crippen LogP contribution in [0.4, 0.5) is 4.79 Å². The third-order valence-corrected chi connectivity index (χ3v) is 3.66. The van der Waals surface area contributed by atoms with E-state index in [4.69, 9.17) is 16.3 Å². The van der Waals surface area contributed by atoms with Gasteiger partial charge in [-0.05, 0) is 26.8 Å². The van der Waals surface area contributed by atoms with Crippen molar-refractivity contribution < 1.29 is 14.7 Å². The van der Waals surface area contributed by atoms with E-state index in [0.29, 0.717) is 42.6 Å². The second kappa shape index (κ2) is 7.04. The summed E-state index contributed by atoms with van der Waals surface area (Å²) in [5.74, 6) is 0.354. The molecule has 0 atom stereocenters. The first kappa shape index (κ1) is 17.3. The van der Waals surface area contributed by atoms with Gasteiger partial charge < -0.3 is 19.7 Å². The molecule has 1 amide bonds. The van der Waals surface area contributed by atoms with Crippen molar-refractivity contribution >= 4 is 23.5 Å². The Labute approximate surface area is 140 Å². The molecule has 2 heterocycles. The standard InChI is InChI=1S/C15H21ClN4O3/c1-15(2,3)23-14(21)20-8-6-19(7-9-20)13(18-22)11-10-17-5-4-12(11)16/h4-5,10,22H,6-9H2,1-3H3. The van der Waals surface area contributed by atoms with E-state index in [-0.39, 0.29) is 6.09 Å². The molecule has 8 heteroatoms. The molecule has 1 aromatic rings. The van der Waals surface area contributed by atoms with Gasteiger partial charge in [-0.1, -0.05) is 16.8 Å². The summed E-state index contributed by atoms with van der Waals surface area (Å²) in [7, 11) is 0. The number of amides is 1. The fourth-order valence-corrected chi connectivity index (χ4v) is 2.45. The second-order valence-corrected chi connectivity index (χ2v) is 6.64. The molecular formula is C15H21ClN4O3. The number of carbonyl (C=O) groups excluding carboxylic acids is 1. The van der Waals surface area contributed by atoms with Crippen LogP contribution in [0.15, 0.2) is 23.6 Å². The van der Waals surface area contributed by atoms with Crippen LogP contribution in [0, 0.1) is 0 Å². The maximum absolute atomic E-state index is 12.1. The van der Waals surface area contributed by atoms with Gasteiger partial charge >= 0.3 is 6.09 Å². The minimum absolute atomic E-state index is 0.334. The lowest BCUT2D eigenvalue weighted by molar-refractivity contribution is 0.0186. The Bertz CT molecular complexity index is 593. The number of amidine groups is 1. The lowest BCUT2D eigenvalue weighted by Gasteiger charge is -2.36. The number of oxime groups is 1. The van der Waals surface area contributed by atoms with Crippen molar-refractivity contribution in [1.82, 2.24) is 14.8 Å². The van der Waals surface area contributed by atoms with Crippen molar-refractivity contribution in [2.45, 2.75) is 26.4 Å². The summed E-state index contributed by atoms with van der Waals surface area (Å²) in [6.07, 6.45) is 2.79. The van der Waals surface area contributed by atoms with E-state index in [0.717, 1.165) is 0 Å². The predicted octanol–water partition coefficient (Wildman–Crippen LogP) is 2.42. The van der Waals surface area contributed by atoms with E-state index in [1.54, 1.807) is 23.4 Å². The Balaban J connectivity index is 2.01. The second-order valence-electron chi connectivity index (χ2n) is 6.23. The predicted molar refractivity (Wildman–Crippen MR) is 87.0 cm³/mol. The highest BCUT2D eigenvalue weighted by atomic mass is 35.5. The van der Waals surface area contributed by atoms with Crippen LogP contribution in [0.25, 0.3) is 0 Å². The highest BCUT2D eigenvalue weighted by Gasteiger charge is 2.28. The topological polar surface area (TPSA) is 78.3 Å². The van der Waals surface area contributed by atoms with E-state index in [9.17, 15) is 10.0 Å². The Kier molecular flexibility index (Phi) is 5.30. The molecule has 0 radical (unpaired) electrons. The molecule has 1 N–H and O–H groups in total. The lowest BCUT2D eigenvalue weighted by Crippen LogP contribution is -2.51. The molecule has 1 aromatic heterocycles. The van der Waals surface area contributed by atoms with Crippen molar-refractivity contribution in [3.05, 3.63) is 29.0 Å². The van der Waals surface area contributed by atoms with Gasteiger partial charge in [-0.2, -0.15) is 0 Å². The summed E-state index contributed by atoms with van der Waals surface area (Å²) in [4.78, 5) is 19.6. The number of aromatic nitrogens is 1. The van der Waals surface area contributed by atoms with Crippen LogP contribution < -0.4 is 0 Å². The first-order chi connectivity index (χ1) is 10.8. The molecule has 1 aliphatic heterocycles. The molecule has 0 aliphatic carbocycles. The highest BCUT2D eigenvalue weighted by molar-refractivity contribution is 6.34. The van der Waals surface area contributed by atoms with Crippen LogP contribution in [0.5, 0.6) is 0 Å². The molecule has 0 aromatic carbocycles. The smallest absolute Gasteiger partial charge is 0.410 e. The van der Waals surface area contributed by atoms with Gasteiger partial charge in [0.25, 0.3) is 0 Å². The Hall–Kier alpha value is -2.02. The minimum atomic E-state index is -0.519. The van der Waals surface area contributed by atoms with Crippen molar-refractivity contribution in [3.63, 3.8) is 0 Å². The van der Waals surface area contributed by atoms with E-state index < -0.39 is 5.60 Å². The van der Waals surface area contributed by atoms with E-state index >= 15 is 0 Å². The van der Waals surface area contributed by atoms with Gasteiger partial charge in [0.15, 0.2) is 5.84 Å².